The van der Waals surface area contributed by atoms with Crippen LogP contribution < -0.4 is 31.9 Å². The van der Waals surface area contributed by atoms with E-state index in [0.717, 1.165) is 79.3 Å². The van der Waals surface area contributed by atoms with Gasteiger partial charge in [0.05, 0.1) is 22.4 Å². The van der Waals surface area contributed by atoms with Crippen molar-refractivity contribution in [1.29, 1.82) is 0 Å². The van der Waals surface area contributed by atoms with E-state index < -0.39 is 36.1 Å². The molecule has 0 saturated heterocycles. The fraction of sp³-hybridized carbons (Fsp3) is 0.400. The molecule has 0 aromatic heterocycles. The average Bonchev–Trinajstić information content (AvgIpc) is 3.32. The third kappa shape index (κ3) is 12.8. The number of unbranched alkanes of at least 4 members (excludes halogenated alkanes) is 2. The lowest BCUT2D eigenvalue weighted by molar-refractivity contribution is 0.248. The van der Waals surface area contributed by atoms with Crippen molar-refractivity contribution < 1.29 is 39.9 Å². The number of aryl methyl sites for hydroxylation is 4. The minimum atomic E-state index is -5.02. The van der Waals surface area contributed by atoms with Gasteiger partial charge in [0, 0.05) is 58.7 Å². The first-order valence-electron chi connectivity index (χ1n) is 24.8. The van der Waals surface area contributed by atoms with Crippen LogP contribution in [0.5, 0.6) is 0 Å². The molecule has 0 saturated carbocycles. The van der Waals surface area contributed by atoms with Crippen LogP contribution in [0.2, 0.25) is 0 Å². The van der Waals surface area contributed by atoms with Gasteiger partial charge in [0.15, 0.2) is 0 Å². The van der Waals surface area contributed by atoms with Gasteiger partial charge >= 0.3 is 12.1 Å². The summed E-state index contributed by atoms with van der Waals surface area (Å²) in [6, 6.07) is 16.6. The molecular weight excluding hydrogens is 953 g/mol. The van der Waals surface area contributed by atoms with Gasteiger partial charge in [0.25, 0.3) is 20.2 Å². The van der Waals surface area contributed by atoms with Crippen molar-refractivity contribution in [2.24, 2.45) is 16.8 Å². The molecule has 72 heavy (non-hydrogen) atoms. The van der Waals surface area contributed by atoms with Crippen LogP contribution >= 0.6 is 0 Å². The Balaban J connectivity index is 1.50. The molecule has 17 heteroatoms. The molecular formula is C55H70N6O9S2. The zero-order valence-electron chi connectivity index (χ0n) is 43.1. The van der Waals surface area contributed by atoms with Gasteiger partial charge in [-0.15, -0.1) is 0 Å². The van der Waals surface area contributed by atoms with Crippen LogP contribution in [-0.2, 0) is 20.2 Å². The van der Waals surface area contributed by atoms with Crippen LogP contribution in [0.15, 0.2) is 85.9 Å². The highest BCUT2D eigenvalue weighted by Gasteiger charge is 2.27. The number of hydrogen-bond acceptors (Lipinski definition) is 9. The van der Waals surface area contributed by atoms with Crippen molar-refractivity contribution in [3.63, 3.8) is 0 Å². The molecule has 15 nitrogen and oxygen atoms in total. The number of anilines is 4. The Morgan fingerprint density at radius 2 is 1.17 bits per heavy atom. The summed E-state index contributed by atoms with van der Waals surface area (Å²) in [5, 5.41) is 15.7. The largest absolute Gasteiger partial charge is 0.456 e. The maximum atomic E-state index is 13.4. The molecule has 7 N–H and O–H groups in total. The van der Waals surface area contributed by atoms with Gasteiger partial charge < -0.3 is 31.0 Å². The van der Waals surface area contributed by atoms with E-state index in [1.54, 1.807) is 38.1 Å². The van der Waals surface area contributed by atoms with Crippen molar-refractivity contribution in [3.05, 3.63) is 105 Å². The molecule has 1 heterocycles. The average molecular weight is 1020 g/mol. The van der Waals surface area contributed by atoms with Crippen molar-refractivity contribution >= 4 is 71.7 Å². The first kappa shape index (κ1) is 55.1. The highest BCUT2D eigenvalue weighted by atomic mass is 32.2. The maximum Gasteiger partial charge on any atom is 0.319 e. The predicted octanol–water partition coefficient (Wildman–Crippen LogP) is 13.2. The van der Waals surface area contributed by atoms with Gasteiger partial charge in [0.2, 0.25) is 0 Å². The summed E-state index contributed by atoms with van der Waals surface area (Å²) in [6.45, 7) is 20.8. The van der Waals surface area contributed by atoms with E-state index in [1.807, 2.05) is 39.8 Å². The molecule has 6 rings (SSSR count). The first-order valence-corrected chi connectivity index (χ1v) is 27.7. The molecule has 4 aromatic carbocycles. The molecule has 2 unspecified atom stereocenters. The van der Waals surface area contributed by atoms with Crippen molar-refractivity contribution in [1.82, 2.24) is 10.6 Å². The fourth-order valence-electron chi connectivity index (χ4n) is 9.52. The molecule has 386 valence electrons. The van der Waals surface area contributed by atoms with Gasteiger partial charge in [-0.25, -0.2) is 14.6 Å². The van der Waals surface area contributed by atoms with Crippen molar-refractivity contribution in [3.8, 4) is 22.5 Å². The Hall–Kier alpha value is -6.27. The van der Waals surface area contributed by atoms with E-state index in [-0.39, 0.29) is 39.4 Å². The molecule has 0 spiro atoms. The van der Waals surface area contributed by atoms with Crippen LogP contribution in [0.4, 0.5) is 38.0 Å². The number of nitrogens with zero attached hydrogens (tertiary/aromatic N) is 1. The Labute approximate surface area is 424 Å². The quantitative estimate of drug-likeness (QED) is 0.0283. The summed E-state index contributed by atoms with van der Waals surface area (Å²) in [5.74, 6) is 0.783. The second kappa shape index (κ2) is 23.5. The molecule has 4 amide bonds. The third-order valence-corrected chi connectivity index (χ3v) is 15.4. The van der Waals surface area contributed by atoms with Gasteiger partial charge in [-0.2, -0.15) is 16.8 Å². The normalized spacial score (nSPS) is 13.0. The lowest BCUT2D eigenvalue weighted by Gasteiger charge is -2.21. The molecule has 2 aliphatic rings. The minimum Gasteiger partial charge on any atom is -0.456 e. The zero-order chi connectivity index (χ0) is 52.7. The number of carbonyl (C=O) groups is 2. The number of hydrogen-bond donors (Lipinski definition) is 7. The Morgan fingerprint density at radius 3 is 1.72 bits per heavy atom. The SMILES string of the molecule is CCCCC(CC)CNC(=O)Nc1c(C)cc(C)c(/N=c2/cc3oc4cc(Nc5c(C)cc(C)c(NC(=O)NCC(CC)CCCC)c5C)ccc4c(-c4ccccc4S(=O)(=O)O)c-3cc2S(=O)(=O)O)c1C. The van der Waals surface area contributed by atoms with Crippen LogP contribution in [0.25, 0.3) is 33.4 Å². The summed E-state index contributed by atoms with van der Waals surface area (Å²) in [5.41, 5.74) is 7.88. The summed E-state index contributed by atoms with van der Waals surface area (Å²) >= 11 is 0. The van der Waals surface area contributed by atoms with E-state index in [0.29, 0.717) is 64.2 Å². The molecule has 0 fully saturated rings. The van der Waals surface area contributed by atoms with Gasteiger partial charge in [-0.3, -0.25) is 9.11 Å². The number of rotatable bonds is 20. The van der Waals surface area contributed by atoms with Crippen LogP contribution in [0, 0.1) is 53.4 Å². The third-order valence-electron chi connectivity index (χ3n) is 13.6. The van der Waals surface area contributed by atoms with Crippen LogP contribution in [0.3, 0.4) is 0 Å². The molecule has 0 bridgehead atoms. The minimum absolute atomic E-state index is 0.0437. The zero-order valence-corrected chi connectivity index (χ0v) is 44.7. The second-order valence-corrected chi connectivity index (χ2v) is 21.7. The standard InChI is InChI=1S/C55H70N6O9S2/c1-11-15-19-38(13-3)30-56-54(62)60-52-34(7)25-32(5)50(36(52)9)58-40-23-24-41-45(27-40)70-46-29-44(48(72(67,68)69)28-43(46)49(41)42-21-17-18-22-47(42)71(64,65)66)59-51-33(6)26-35(8)53(37(51)10)61-55(63)57-31-39(14-4)20-16-12-2/h17-18,21-29,38-39,58H,11-16,19-20,30-31H2,1-10H3,(H2,56,60,62)(H2,57,61,63)(H,64,65,66)(H,67,68,69)/b59-44-. The van der Waals surface area contributed by atoms with Gasteiger partial charge in [-0.05, 0) is 124 Å². The number of fused-ring (bicyclic) bond motifs is 2. The molecule has 2 atom stereocenters. The summed E-state index contributed by atoms with van der Waals surface area (Å²) in [6.07, 6.45) is 8.27. The monoisotopic (exact) mass is 1020 g/mol. The number of benzene rings is 5. The van der Waals surface area contributed by atoms with Crippen molar-refractivity contribution in [2.75, 3.05) is 29.0 Å². The second-order valence-electron chi connectivity index (χ2n) is 18.9. The van der Waals surface area contributed by atoms with Gasteiger partial charge in [-0.1, -0.05) is 96.6 Å². The summed E-state index contributed by atoms with van der Waals surface area (Å²) in [7, 11) is -9.85. The van der Waals surface area contributed by atoms with E-state index in [1.165, 1.54) is 30.3 Å². The van der Waals surface area contributed by atoms with Gasteiger partial charge in [0.1, 0.15) is 21.1 Å². The van der Waals surface area contributed by atoms with Crippen molar-refractivity contribution in [2.45, 2.75) is 130 Å². The first-order chi connectivity index (χ1) is 34.1. The highest BCUT2D eigenvalue weighted by Crippen LogP contribution is 2.44. The molecule has 1 aliphatic heterocycles. The molecule has 4 aromatic rings. The number of urea groups is 2. The summed E-state index contributed by atoms with van der Waals surface area (Å²) < 4.78 is 80.6. The van der Waals surface area contributed by atoms with E-state index in [4.69, 9.17) is 9.41 Å². The lowest BCUT2D eigenvalue weighted by atomic mass is 9.93. The van der Waals surface area contributed by atoms with Crippen LogP contribution in [0.1, 0.15) is 112 Å². The Kier molecular flexibility index (Phi) is 18.0. The lowest BCUT2D eigenvalue weighted by Crippen LogP contribution is -2.33. The topological polar surface area (TPSA) is 229 Å². The highest BCUT2D eigenvalue weighted by molar-refractivity contribution is 7.86. The predicted molar refractivity (Wildman–Crippen MR) is 288 cm³/mol. The molecule has 0 radical (unpaired) electrons. The number of amides is 4. The number of nitrogens with one attached hydrogen (secondary N) is 5. The Morgan fingerprint density at radius 1 is 0.625 bits per heavy atom. The number of carbonyl (C=O) groups excluding carboxylic acids is 2. The van der Waals surface area contributed by atoms with Crippen LogP contribution in [-0.4, -0.2) is 51.1 Å². The fourth-order valence-corrected chi connectivity index (χ4v) is 10.9. The Bertz CT molecular complexity index is 3260. The smallest absolute Gasteiger partial charge is 0.319 e. The summed E-state index contributed by atoms with van der Waals surface area (Å²) in [4.78, 5) is 30.3. The van der Waals surface area contributed by atoms with E-state index in [9.17, 15) is 35.5 Å². The molecule has 1 aliphatic carbocycles. The maximum absolute atomic E-state index is 13.4. The van der Waals surface area contributed by atoms with E-state index in [2.05, 4.69) is 54.3 Å². The van der Waals surface area contributed by atoms with E-state index >= 15 is 0 Å².